The van der Waals surface area contributed by atoms with Crippen LogP contribution in [0.2, 0.25) is 0 Å². The third-order valence-corrected chi connectivity index (χ3v) is 2.10. The molecule has 60 valence electrons. The fourth-order valence-electron chi connectivity index (χ4n) is 0.824. The van der Waals surface area contributed by atoms with Gasteiger partial charge in [-0.1, -0.05) is 33.1 Å². The van der Waals surface area contributed by atoms with E-state index in [1.165, 1.54) is 12.8 Å². The third-order valence-electron chi connectivity index (χ3n) is 1.66. The van der Waals surface area contributed by atoms with Gasteiger partial charge < -0.3 is 0 Å². The van der Waals surface area contributed by atoms with Crippen molar-refractivity contribution in [2.45, 2.75) is 39.5 Å². The van der Waals surface area contributed by atoms with Crippen LogP contribution in [-0.4, -0.2) is 5.12 Å². The third kappa shape index (κ3) is 4.86. The first-order valence-corrected chi connectivity index (χ1v) is 4.36. The van der Waals surface area contributed by atoms with E-state index in [0.29, 0.717) is 0 Å². The molecule has 0 heterocycles. The van der Waals surface area contributed by atoms with Gasteiger partial charge in [0.15, 0.2) is 5.12 Å². The molecule has 0 amide bonds. The molecule has 0 radical (unpaired) electrons. The first-order valence-electron chi connectivity index (χ1n) is 3.91. The predicted molar refractivity (Wildman–Crippen MR) is 47.3 cm³/mol. The lowest BCUT2D eigenvalue weighted by Gasteiger charge is -2.04. The van der Waals surface area contributed by atoms with Gasteiger partial charge in [-0.2, -0.15) is 0 Å². The van der Waals surface area contributed by atoms with E-state index in [2.05, 4.69) is 19.6 Å². The van der Waals surface area contributed by atoms with Crippen molar-refractivity contribution in [1.82, 2.24) is 0 Å². The van der Waals surface area contributed by atoms with E-state index in [1.54, 1.807) is 0 Å². The maximum Gasteiger partial charge on any atom is 0.188 e. The average molecular weight is 160 g/mol. The molecule has 0 rings (SSSR count). The highest BCUT2D eigenvalue weighted by molar-refractivity contribution is 7.96. The van der Waals surface area contributed by atoms with Crippen molar-refractivity contribution in [3.8, 4) is 0 Å². The quantitative estimate of drug-likeness (QED) is 0.483. The standard InChI is InChI=1S/C8H16OS/c1-3-4-5-6-7(2)8(9)10/h7H,3-6H2,1-2H3,(H,9,10). The Balaban J connectivity index is 3.21. The zero-order chi connectivity index (χ0) is 7.98. The van der Waals surface area contributed by atoms with Gasteiger partial charge in [-0.15, -0.1) is 12.6 Å². The second-order valence-electron chi connectivity index (χ2n) is 2.74. The molecule has 2 heteroatoms. The van der Waals surface area contributed by atoms with Gasteiger partial charge in [-0.25, -0.2) is 0 Å². The molecule has 0 aromatic heterocycles. The zero-order valence-electron chi connectivity index (χ0n) is 6.76. The van der Waals surface area contributed by atoms with Crippen LogP contribution in [0.4, 0.5) is 0 Å². The Labute approximate surface area is 68.6 Å². The van der Waals surface area contributed by atoms with E-state index in [-0.39, 0.29) is 11.0 Å². The van der Waals surface area contributed by atoms with Crippen LogP contribution in [0.25, 0.3) is 0 Å². The normalized spacial score (nSPS) is 13.1. The molecule has 0 aromatic carbocycles. The van der Waals surface area contributed by atoms with Gasteiger partial charge >= 0.3 is 0 Å². The molecule has 0 saturated carbocycles. The van der Waals surface area contributed by atoms with Crippen LogP contribution in [0.1, 0.15) is 39.5 Å². The molecule has 10 heavy (non-hydrogen) atoms. The Hall–Kier alpha value is 0.0200. The minimum Gasteiger partial charge on any atom is -0.287 e. The fraction of sp³-hybridized carbons (Fsp3) is 0.875. The Morgan fingerprint density at radius 2 is 2.10 bits per heavy atom. The first kappa shape index (κ1) is 10.0. The smallest absolute Gasteiger partial charge is 0.188 e. The second-order valence-corrected chi connectivity index (χ2v) is 3.18. The second kappa shape index (κ2) is 5.78. The van der Waals surface area contributed by atoms with E-state index in [4.69, 9.17) is 0 Å². The van der Waals surface area contributed by atoms with Gasteiger partial charge in [0.2, 0.25) is 0 Å². The molecule has 0 N–H and O–H groups in total. The summed E-state index contributed by atoms with van der Waals surface area (Å²) < 4.78 is 0. The Morgan fingerprint density at radius 1 is 1.50 bits per heavy atom. The van der Waals surface area contributed by atoms with Gasteiger partial charge in [-0.3, -0.25) is 4.79 Å². The van der Waals surface area contributed by atoms with E-state index >= 15 is 0 Å². The molecule has 1 nitrogen and oxygen atoms in total. The Bertz CT molecular complexity index is 101. The molecule has 0 bridgehead atoms. The summed E-state index contributed by atoms with van der Waals surface area (Å²) in [6.45, 7) is 4.10. The summed E-state index contributed by atoms with van der Waals surface area (Å²) in [5.74, 6) is 0.148. The van der Waals surface area contributed by atoms with Crippen molar-refractivity contribution >= 4 is 17.7 Å². The number of thiol groups is 1. The number of carbonyl (C=O) groups is 1. The minimum absolute atomic E-state index is 0.0242. The summed E-state index contributed by atoms with van der Waals surface area (Å²) in [7, 11) is 0. The van der Waals surface area contributed by atoms with Gasteiger partial charge in [-0.05, 0) is 6.42 Å². The molecule has 0 aliphatic carbocycles. The highest BCUT2D eigenvalue weighted by Crippen LogP contribution is 2.11. The van der Waals surface area contributed by atoms with Crippen LogP contribution >= 0.6 is 12.6 Å². The molecule has 0 aromatic rings. The molecular formula is C8H16OS. The molecule has 1 unspecified atom stereocenters. The molecular weight excluding hydrogens is 144 g/mol. The zero-order valence-corrected chi connectivity index (χ0v) is 7.66. The maximum absolute atomic E-state index is 10.6. The van der Waals surface area contributed by atoms with Gasteiger partial charge in [0, 0.05) is 5.92 Å². The maximum atomic E-state index is 10.6. The molecule has 1 atom stereocenters. The van der Waals surface area contributed by atoms with E-state index in [9.17, 15) is 4.79 Å². The van der Waals surface area contributed by atoms with Crippen molar-refractivity contribution in [1.29, 1.82) is 0 Å². The summed E-state index contributed by atoms with van der Waals surface area (Å²) >= 11 is 3.76. The molecule has 0 fully saturated rings. The largest absolute Gasteiger partial charge is 0.287 e. The van der Waals surface area contributed by atoms with Crippen LogP contribution in [0.15, 0.2) is 0 Å². The molecule has 0 aliphatic heterocycles. The van der Waals surface area contributed by atoms with E-state index in [1.807, 2.05) is 6.92 Å². The molecule has 0 spiro atoms. The summed E-state index contributed by atoms with van der Waals surface area (Å²) in [5, 5.41) is 0.0242. The van der Waals surface area contributed by atoms with Crippen LogP contribution in [0, 0.1) is 5.92 Å². The van der Waals surface area contributed by atoms with Crippen LogP contribution in [0.5, 0.6) is 0 Å². The van der Waals surface area contributed by atoms with Crippen LogP contribution in [-0.2, 0) is 4.79 Å². The number of rotatable bonds is 5. The van der Waals surface area contributed by atoms with Gasteiger partial charge in [0.25, 0.3) is 0 Å². The summed E-state index contributed by atoms with van der Waals surface area (Å²) in [5.41, 5.74) is 0. The lowest BCUT2D eigenvalue weighted by molar-refractivity contribution is -0.113. The van der Waals surface area contributed by atoms with Crippen LogP contribution in [0.3, 0.4) is 0 Å². The highest BCUT2D eigenvalue weighted by Gasteiger charge is 2.06. The number of carbonyl (C=O) groups excluding carboxylic acids is 1. The number of unbranched alkanes of at least 4 members (excludes halogenated alkanes) is 2. The summed E-state index contributed by atoms with van der Waals surface area (Å²) in [6, 6.07) is 0. The molecule has 0 saturated heterocycles. The Morgan fingerprint density at radius 3 is 2.50 bits per heavy atom. The van der Waals surface area contributed by atoms with Gasteiger partial charge in [0.1, 0.15) is 0 Å². The SMILES string of the molecule is CCCCCC(C)C(=O)S. The van der Waals surface area contributed by atoms with Crippen molar-refractivity contribution in [2.24, 2.45) is 5.92 Å². The summed E-state index contributed by atoms with van der Waals surface area (Å²) in [6.07, 6.45) is 4.60. The van der Waals surface area contributed by atoms with Crippen molar-refractivity contribution in [2.75, 3.05) is 0 Å². The predicted octanol–water partition coefficient (Wildman–Crippen LogP) is 2.66. The average Bonchev–Trinajstić information content (AvgIpc) is 1.88. The van der Waals surface area contributed by atoms with Crippen molar-refractivity contribution in [3.05, 3.63) is 0 Å². The van der Waals surface area contributed by atoms with Crippen LogP contribution < -0.4 is 0 Å². The van der Waals surface area contributed by atoms with Crippen molar-refractivity contribution in [3.63, 3.8) is 0 Å². The summed E-state index contributed by atoms with van der Waals surface area (Å²) in [4.78, 5) is 10.6. The lowest BCUT2D eigenvalue weighted by Crippen LogP contribution is -2.02. The Kier molecular flexibility index (Phi) is 5.79. The van der Waals surface area contributed by atoms with E-state index < -0.39 is 0 Å². The monoisotopic (exact) mass is 160 g/mol. The van der Waals surface area contributed by atoms with Crippen molar-refractivity contribution < 1.29 is 4.79 Å². The fourth-order valence-corrected chi connectivity index (χ4v) is 0.953. The molecule has 0 aliphatic rings. The van der Waals surface area contributed by atoms with Gasteiger partial charge in [0.05, 0.1) is 0 Å². The van der Waals surface area contributed by atoms with E-state index in [0.717, 1.165) is 12.8 Å². The number of hydrogen-bond donors (Lipinski definition) is 1. The topological polar surface area (TPSA) is 17.1 Å². The lowest BCUT2D eigenvalue weighted by atomic mass is 10.1. The highest BCUT2D eigenvalue weighted by atomic mass is 32.1. The number of hydrogen-bond acceptors (Lipinski definition) is 1. The minimum atomic E-state index is 0.0242. The first-order chi connectivity index (χ1) is 4.68.